The molecule has 1 aromatic heterocycles. The maximum Gasteiger partial charge on any atom is 0.319 e. The van der Waals surface area contributed by atoms with Gasteiger partial charge in [0.25, 0.3) is 0 Å². The number of rotatable bonds is 6. The second kappa shape index (κ2) is 6.38. The van der Waals surface area contributed by atoms with Crippen molar-refractivity contribution in [3.63, 3.8) is 0 Å². The highest BCUT2D eigenvalue weighted by Gasteiger charge is 2.25. The third kappa shape index (κ3) is 4.88. The predicted molar refractivity (Wildman–Crippen MR) is 72.5 cm³/mol. The van der Waals surface area contributed by atoms with Gasteiger partial charge in [-0.3, -0.25) is 9.48 Å². The molecule has 1 rings (SSSR count). The van der Waals surface area contributed by atoms with E-state index in [1.165, 1.54) is 6.92 Å². The third-order valence-electron chi connectivity index (χ3n) is 2.65. The van der Waals surface area contributed by atoms with E-state index in [1.807, 2.05) is 6.92 Å². The molecule has 1 unspecified atom stereocenters. The average Bonchev–Trinajstić information content (AvgIpc) is 2.65. The smallest absolute Gasteiger partial charge is 0.319 e. The zero-order chi connectivity index (χ0) is 15.3. The Morgan fingerprint density at radius 2 is 2.15 bits per heavy atom. The Labute approximate surface area is 116 Å². The molecule has 8 nitrogen and oxygen atoms in total. The Morgan fingerprint density at radius 3 is 2.70 bits per heavy atom. The summed E-state index contributed by atoms with van der Waals surface area (Å²) in [4.78, 5) is 22.2. The van der Waals surface area contributed by atoms with Crippen LogP contribution in [0.2, 0.25) is 0 Å². The molecule has 1 aromatic rings. The van der Waals surface area contributed by atoms with Crippen LogP contribution in [0.25, 0.3) is 0 Å². The number of hydrogen-bond donors (Lipinski definition) is 4. The first-order chi connectivity index (χ1) is 9.23. The molecule has 1 atom stereocenters. The summed E-state index contributed by atoms with van der Waals surface area (Å²) >= 11 is 0. The number of nitrogens with one attached hydrogen (secondary N) is 2. The molecule has 0 aromatic carbocycles. The molecule has 0 aliphatic rings. The number of amides is 2. The minimum absolute atomic E-state index is 0.160. The number of hydrogen-bond acceptors (Lipinski definition) is 4. The lowest BCUT2D eigenvalue weighted by atomic mass is 10.0. The fraction of sp³-hybridized carbons (Fsp3) is 0.583. The number of nitrogens with zero attached hydrogens (tertiary/aromatic N) is 2. The van der Waals surface area contributed by atoms with Crippen LogP contribution >= 0.6 is 0 Å². The number of aliphatic hydroxyl groups is 1. The largest absolute Gasteiger partial charge is 0.481 e. The molecule has 1 heterocycles. The molecule has 0 aliphatic carbocycles. The molecule has 0 saturated carbocycles. The summed E-state index contributed by atoms with van der Waals surface area (Å²) in [6.45, 7) is 3.11. The number of carboxylic acid groups (broad SMARTS) is 1. The minimum Gasteiger partial charge on any atom is -0.481 e. The summed E-state index contributed by atoms with van der Waals surface area (Å²) in [5.41, 5.74) is -0.156. The first kappa shape index (κ1) is 16.0. The number of anilines is 1. The van der Waals surface area contributed by atoms with Gasteiger partial charge in [-0.1, -0.05) is 6.92 Å². The van der Waals surface area contributed by atoms with Crippen molar-refractivity contribution >= 4 is 17.7 Å². The molecular formula is C12H20N4O4. The van der Waals surface area contributed by atoms with Crippen molar-refractivity contribution in [2.24, 2.45) is 7.05 Å². The van der Waals surface area contributed by atoms with Crippen molar-refractivity contribution < 1.29 is 19.8 Å². The number of aliphatic carboxylic acids is 1. The molecule has 0 bridgehead atoms. The van der Waals surface area contributed by atoms with Gasteiger partial charge in [0.15, 0.2) is 0 Å². The maximum absolute atomic E-state index is 11.7. The first-order valence-electron chi connectivity index (χ1n) is 6.25. The van der Waals surface area contributed by atoms with Gasteiger partial charge in [0.1, 0.15) is 0 Å². The standard InChI is InChI=1S/C12H20N4O4/c1-4-8-9(6-16(3)15-8)14-11(19)13-7-12(2,20)5-10(17)18/h6,20H,4-5,7H2,1-3H3,(H,17,18)(H2,13,14,19). The van der Waals surface area contributed by atoms with Gasteiger partial charge in [0.2, 0.25) is 0 Å². The van der Waals surface area contributed by atoms with Gasteiger partial charge in [0.05, 0.1) is 23.4 Å². The predicted octanol–water partition coefficient (Wildman–Crippen LogP) is 0.330. The highest BCUT2D eigenvalue weighted by Crippen LogP contribution is 2.13. The van der Waals surface area contributed by atoms with Crippen LogP contribution in [0.5, 0.6) is 0 Å². The Bertz CT molecular complexity index is 496. The summed E-state index contributed by atoms with van der Waals surface area (Å²) in [5, 5.41) is 27.6. The van der Waals surface area contributed by atoms with Gasteiger partial charge in [-0.15, -0.1) is 0 Å². The van der Waals surface area contributed by atoms with Crippen LogP contribution in [-0.2, 0) is 18.3 Å². The molecule has 0 fully saturated rings. The number of carbonyl (C=O) groups excluding carboxylic acids is 1. The van der Waals surface area contributed by atoms with Crippen LogP contribution in [-0.4, -0.2) is 44.1 Å². The monoisotopic (exact) mass is 284 g/mol. The number of aryl methyl sites for hydroxylation is 2. The topological polar surface area (TPSA) is 116 Å². The quantitative estimate of drug-likeness (QED) is 0.600. The number of carboxylic acids is 1. The van der Waals surface area contributed by atoms with E-state index in [4.69, 9.17) is 5.11 Å². The summed E-state index contributed by atoms with van der Waals surface area (Å²) in [7, 11) is 1.75. The van der Waals surface area contributed by atoms with Crippen molar-refractivity contribution in [3.8, 4) is 0 Å². The Hall–Kier alpha value is -2.09. The summed E-state index contributed by atoms with van der Waals surface area (Å²) in [5.74, 6) is -1.13. The maximum atomic E-state index is 11.7. The van der Waals surface area contributed by atoms with Crippen LogP contribution in [0, 0.1) is 0 Å². The van der Waals surface area contributed by atoms with Crippen LogP contribution in [0.1, 0.15) is 26.0 Å². The number of urea groups is 1. The second-order valence-corrected chi connectivity index (χ2v) is 4.89. The van der Waals surface area contributed by atoms with Crippen LogP contribution < -0.4 is 10.6 Å². The normalized spacial score (nSPS) is 13.6. The van der Waals surface area contributed by atoms with Crippen LogP contribution in [0.4, 0.5) is 10.5 Å². The summed E-state index contributed by atoms with van der Waals surface area (Å²) in [6.07, 6.45) is 1.90. The van der Waals surface area contributed by atoms with Gasteiger partial charge >= 0.3 is 12.0 Å². The van der Waals surface area contributed by atoms with E-state index in [0.717, 1.165) is 5.69 Å². The van der Waals surface area contributed by atoms with E-state index in [2.05, 4.69) is 15.7 Å². The second-order valence-electron chi connectivity index (χ2n) is 4.89. The SMILES string of the molecule is CCc1nn(C)cc1NC(=O)NCC(C)(O)CC(=O)O. The summed E-state index contributed by atoms with van der Waals surface area (Å²) < 4.78 is 1.59. The van der Waals surface area contributed by atoms with Gasteiger partial charge in [0, 0.05) is 19.8 Å². The average molecular weight is 284 g/mol. The van der Waals surface area contributed by atoms with Gasteiger partial charge in [-0.25, -0.2) is 4.79 Å². The van der Waals surface area contributed by atoms with Crippen molar-refractivity contribution in [1.82, 2.24) is 15.1 Å². The zero-order valence-corrected chi connectivity index (χ0v) is 11.8. The third-order valence-corrected chi connectivity index (χ3v) is 2.65. The van der Waals surface area contributed by atoms with Gasteiger partial charge in [-0.2, -0.15) is 5.10 Å². The molecule has 0 radical (unpaired) electrons. The van der Waals surface area contributed by atoms with E-state index in [0.29, 0.717) is 12.1 Å². The highest BCUT2D eigenvalue weighted by molar-refractivity contribution is 5.89. The van der Waals surface area contributed by atoms with E-state index in [1.54, 1.807) is 17.9 Å². The molecule has 0 spiro atoms. The van der Waals surface area contributed by atoms with Crippen molar-refractivity contribution in [1.29, 1.82) is 0 Å². The molecule has 0 saturated heterocycles. The van der Waals surface area contributed by atoms with Gasteiger partial charge < -0.3 is 20.8 Å². The van der Waals surface area contributed by atoms with Crippen LogP contribution in [0.15, 0.2) is 6.20 Å². The van der Waals surface area contributed by atoms with E-state index in [9.17, 15) is 14.7 Å². The van der Waals surface area contributed by atoms with Crippen molar-refractivity contribution in [2.45, 2.75) is 32.3 Å². The van der Waals surface area contributed by atoms with E-state index < -0.39 is 24.0 Å². The molecule has 4 N–H and O–H groups in total. The Balaban J connectivity index is 2.53. The molecule has 2 amide bonds. The molecule has 0 aliphatic heterocycles. The van der Waals surface area contributed by atoms with Crippen LogP contribution in [0.3, 0.4) is 0 Å². The van der Waals surface area contributed by atoms with Crippen molar-refractivity contribution in [3.05, 3.63) is 11.9 Å². The molecule has 8 heteroatoms. The van der Waals surface area contributed by atoms with E-state index >= 15 is 0 Å². The van der Waals surface area contributed by atoms with E-state index in [-0.39, 0.29) is 6.54 Å². The van der Waals surface area contributed by atoms with Crippen molar-refractivity contribution in [2.75, 3.05) is 11.9 Å². The minimum atomic E-state index is -1.49. The molecule has 112 valence electrons. The lowest BCUT2D eigenvalue weighted by molar-refractivity contribution is -0.141. The molecular weight excluding hydrogens is 264 g/mol. The zero-order valence-electron chi connectivity index (χ0n) is 11.8. The van der Waals surface area contributed by atoms with Gasteiger partial charge in [-0.05, 0) is 13.3 Å². The Kier molecular flexibility index (Phi) is 5.09. The summed E-state index contributed by atoms with van der Waals surface area (Å²) in [6, 6.07) is -0.515. The Morgan fingerprint density at radius 1 is 1.50 bits per heavy atom. The first-order valence-corrected chi connectivity index (χ1v) is 6.25. The fourth-order valence-corrected chi connectivity index (χ4v) is 1.73. The highest BCUT2D eigenvalue weighted by atomic mass is 16.4. The fourth-order valence-electron chi connectivity index (χ4n) is 1.73. The lowest BCUT2D eigenvalue weighted by Gasteiger charge is -2.21. The number of aromatic nitrogens is 2. The lowest BCUT2D eigenvalue weighted by Crippen LogP contribution is -2.43. The number of carbonyl (C=O) groups is 2. The molecule has 20 heavy (non-hydrogen) atoms.